The summed E-state index contributed by atoms with van der Waals surface area (Å²) in [5, 5.41) is 4.69. The van der Waals surface area contributed by atoms with Crippen LogP contribution in [0.2, 0.25) is 0 Å². The standard InChI is InChI=1S/C19H24N6O/c1-5-12(2)10-17-23-18(25(24-17)15-6-8-20-9-7-15)11-16-13(3)21-14(4)22-19(16)26/h6-9,12H,5,10-11H2,1-4H3,(H,21,22,26). The van der Waals surface area contributed by atoms with E-state index in [0.717, 1.165) is 35.9 Å². The minimum atomic E-state index is -0.122. The number of aromatic nitrogens is 6. The second-order valence-corrected chi connectivity index (χ2v) is 6.67. The zero-order chi connectivity index (χ0) is 18.7. The summed E-state index contributed by atoms with van der Waals surface area (Å²) in [5.74, 6) is 2.64. The number of hydrogen-bond donors (Lipinski definition) is 1. The Bertz CT molecular complexity index is 944. The van der Waals surface area contributed by atoms with E-state index in [2.05, 4.69) is 33.9 Å². The smallest absolute Gasteiger partial charge is 0.254 e. The van der Waals surface area contributed by atoms with Crippen molar-refractivity contribution in [3.05, 3.63) is 63.6 Å². The molecule has 0 saturated carbocycles. The van der Waals surface area contributed by atoms with Gasteiger partial charge in [0.15, 0.2) is 5.82 Å². The van der Waals surface area contributed by atoms with Crippen LogP contribution >= 0.6 is 0 Å². The zero-order valence-electron chi connectivity index (χ0n) is 15.7. The fraction of sp³-hybridized carbons (Fsp3) is 0.421. The van der Waals surface area contributed by atoms with Gasteiger partial charge in [-0.2, -0.15) is 5.10 Å². The molecule has 26 heavy (non-hydrogen) atoms. The number of nitrogens with one attached hydrogen (secondary N) is 1. The number of aromatic amines is 1. The summed E-state index contributed by atoms with van der Waals surface area (Å²) < 4.78 is 1.80. The van der Waals surface area contributed by atoms with Gasteiger partial charge in [-0.3, -0.25) is 9.78 Å². The van der Waals surface area contributed by atoms with E-state index in [1.807, 2.05) is 19.1 Å². The molecular weight excluding hydrogens is 328 g/mol. The van der Waals surface area contributed by atoms with Crippen molar-refractivity contribution < 1.29 is 0 Å². The second-order valence-electron chi connectivity index (χ2n) is 6.67. The monoisotopic (exact) mass is 352 g/mol. The lowest BCUT2D eigenvalue weighted by molar-refractivity contribution is 0.542. The summed E-state index contributed by atoms with van der Waals surface area (Å²) in [4.78, 5) is 28.3. The highest BCUT2D eigenvalue weighted by Crippen LogP contribution is 2.16. The molecule has 3 rings (SSSR count). The number of nitrogens with zero attached hydrogens (tertiary/aromatic N) is 5. The van der Waals surface area contributed by atoms with Crippen LogP contribution in [0.3, 0.4) is 0 Å². The van der Waals surface area contributed by atoms with E-state index < -0.39 is 0 Å². The largest absolute Gasteiger partial charge is 0.311 e. The third kappa shape index (κ3) is 3.87. The molecule has 3 heterocycles. The molecule has 1 unspecified atom stereocenters. The quantitative estimate of drug-likeness (QED) is 0.736. The van der Waals surface area contributed by atoms with E-state index in [-0.39, 0.29) is 5.56 Å². The normalized spacial score (nSPS) is 12.3. The highest BCUT2D eigenvalue weighted by atomic mass is 16.1. The van der Waals surface area contributed by atoms with Gasteiger partial charge in [-0.05, 0) is 31.9 Å². The summed E-state index contributed by atoms with van der Waals surface area (Å²) >= 11 is 0. The first kappa shape index (κ1) is 18.0. The van der Waals surface area contributed by atoms with Crippen LogP contribution < -0.4 is 5.56 Å². The lowest BCUT2D eigenvalue weighted by atomic mass is 10.1. The van der Waals surface area contributed by atoms with Gasteiger partial charge in [-0.1, -0.05) is 20.3 Å². The van der Waals surface area contributed by atoms with Crippen molar-refractivity contribution in [3.63, 3.8) is 0 Å². The zero-order valence-corrected chi connectivity index (χ0v) is 15.7. The first-order chi connectivity index (χ1) is 12.5. The van der Waals surface area contributed by atoms with Crippen LogP contribution in [0.4, 0.5) is 0 Å². The fourth-order valence-electron chi connectivity index (χ4n) is 2.86. The van der Waals surface area contributed by atoms with Crippen molar-refractivity contribution >= 4 is 0 Å². The molecule has 0 bridgehead atoms. The lowest BCUT2D eigenvalue weighted by Gasteiger charge is -2.07. The first-order valence-electron chi connectivity index (χ1n) is 8.89. The average molecular weight is 352 g/mol. The van der Waals surface area contributed by atoms with Gasteiger partial charge < -0.3 is 4.98 Å². The van der Waals surface area contributed by atoms with E-state index in [1.165, 1.54) is 0 Å². The predicted molar refractivity (Wildman–Crippen MR) is 99.5 cm³/mol. The summed E-state index contributed by atoms with van der Waals surface area (Å²) in [5.41, 5.74) is 2.10. The van der Waals surface area contributed by atoms with Gasteiger partial charge in [0.25, 0.3) is 5.56 Å². The summed E-state index contributed by atoms with van der Waals surface area (Å²) in [6.45, 7) is 7.98. The van der Waals surface area contributed by atoms with Gasteiger partial charge in [-0.25, -0.2) is 14.6 Å². The van der Waals surface area contributed by atoms with Crippen molar-refractivity contribution in [2.75, 3.05) is 0 Å². The van der Waals surface area contributed by atoms with E-state index in [1.54, 1.807) is 24.0 Å². The minimum absolute atomic E-state index is 0.122. The van der Waals surface area contributed by atoms with Crippen LogP contribution in [0.5, 0.6) is 0 Å². The number of aryl methyl sites for hydroxylation is 2. The second kappa shape index (κ2) is 7.59. The number of hydrogen-bond acceptors (Lipinski definition) is 5. The van der Waals surface area contributed by atoms with E-state index in [4.69, 9.17) is 4.98 Å². The Morgan fingerprint density at radius 2 is 1.92 bits per heavy atom. The van der Waals surface area contributed by atoms with Crippen LogP contribution in [0.1, 0.15) is 49.0 Å². The third-order valence-electron chi connectivity index (χ3n) is 4.53. The van der Waals surface area contributed by atoms with Crippen LogP contribution in [0, 0.1) is 19.8 Å². The van der Waals surface area contributed by atoms with Crippen LogP contribution in [-0.2, 0) is 12.8 Å². The minimum Gasteiger partial charge on any atom is -0.311 e. The van der Waals surface area contributed by atoms with E-state index in [9.17, 15) is 4.79 Å². The first-order valence-corrected chi connectivity index (χ1v) is 8.89. The molecule has 0 saturated heterocycles. The highest BCUT2D eigenvalue weighted by molar-refractivity contribution is 5.31. The third-order valence-corrected chi connectivity index (χ3v) is 4.53. The Balaban J connectivity index is 2.04. The van der Waals surface area contributed by atoms with E-state index in [0.29, 0.717) is 23.7 Å². The predicted octanol–water partition coefficient (Wildman–Crippen LogP) is 2.54. The SMILES string of the molecule is CCC(C)Cc1nc(Cc2c(C)nc(C)[nH]c2=O)n(-c2ccncc2)n1. The van der Waals surface area contributed by atoms with Gasteiger partial charge in [0.1, 0.15) is 11.6 Å². The molecule has 0 fully saturated rings. The molecule has 0 aliphatic heterocycles. The molecule has 0 spiro atoms. The summed E-state index contributed by atoms with van der Waals surface area (Å²) in [7, 11) is 0. The molecule has 3 aromatic rings. The van der Waals surface area contributed by atoms with E-state index >= 15 is 0 Å². The fourth-order valence-corrected chi connectivity index (χ4v) is 2.86. The Morgan fingerprint density at radius 3 is 2.58 bits per heavy atom. The van der Waals surface area contributed by atoms with Crippen molar-refractivity contribution in [1.29, 1.82) is 0 Å². The molecule has 0 aliphatic rings. The van der Waals surface area contributed by atoms with Gasteiger partial charge >= 0.3 is 0 Å². The molecule has 0 aromatic carbocycles. The Labute approximate surface area is 152 Å². The van der Waals surface area contributed by atoms with Crippen LogP contribution in [0.15, 0.2) is 29.3 Å². The number of H-pyrrole nitrogens is 1. The summed E-state index contributed by atoms with van der Waals surface area (Å²) in [6, 6.07) is 3.77. The topological polar surface area (TPSA) is 89.4 Å². The van der Waals surface area contributed by atoms with Crippen molar-refractivity contribution in [1.82, 2.24) is 29.7 Å². The lowest BCUT2D eigenvalue weighted by Crippen LogP contribution is -2.19. The van der Waals surface area contributed by atoms with Gasteiger partial charge in [-0.15, -0.1) is 0 Å². The molecule has 0 aliphatic carbocycles. The molecule has 3 aromatic heterocycles. The molecule has 7 heteroatoms. The Morgan fingerprint density at radius 1 is 1.19 bits per heavy atom. The number of rotatable bonds is 6. The molecule has 1 atom stereocenters. The Hall–Kier alpha value is -2.83. The van der Waals surface area contributed by atoms with Crippen molar-refractivity contribution in [2.24, 2.45) is 5.92 Å². The van der Waals surface area contributed by atoms with Gasteiger partial charge in [0, 0.05) is 36.5 Å². The molecule has 0 amide bonds. The molecule has 136 valence electrons. The molecule has 1 N–H and O–H groups in total. The molecule has 7 nitrogen and oxygen atoms in total. The van der Waals surface area contributed by atoms with Gasteiger partial charge in [0.05, 0.1) is 5.69 Å². The maximum atomic E-state index is 12.4. The van der Waals surface area contributed by atoms with Crippen LogP contribution in [0.25, 0.3) is 5.69 Å². The number of pyridine rings is 1. The maximum absolute atomic E-state index is 12.4. The molecular formula is C19H24N6O. The average Bonchev–Trinajstić information content (AvgIpc) is 3.01. The van der Waals surface area contributed by atoms with Crippen molar-refractivity contribution in [2.45, 2.75) is 47.0 Å². The van der Waals surface area contributed by atoms with Crippen LogP contribution in [-0.4, -0.2) is 29.7 Å². The van der Waals surface area contributed by atoms with Gasteiger partial charge in [0.2, 0.25) is 0 Å². The maximum Gasteiger partial charge on any atom is 0.254 e. The molecule has 0 radical (unpaired) electrons. The highest BCUT2D eigenvalue weighted by Gasteiger charge is 2.17. The summed E-state index contributed by atoms with van der Waals surface area (Å²) in [6.07, 6.45) is 5.70. The Kier molecular flexibility index (Phi) is 5.25. The van der Waals surface area contributed by atoms with Crippen molar-refractivity contribution in [3.8, 4) is 5.69 Å².